The van der Waals surface area contributed by atoms with Gasteiger partial charge in [-0.25, -0.2) is 8.78 Å². The molecule has 2 aromatic rings. The highest BCUT2D eigenvalue weighted by Crippen LogP contribution is 2.25. The summed E-state index contributed by atoms with van der Waals surface area (Å²) in [5, 5.41) is 0. The number of benzene rings is 2. The first-order valence-corrected chi connectivity index (χ1v) is 6.22. The molecule has 0 fully saturated rings. The first-order chi connectivity index (χ1) is 9.52. The fourth-order valence-corrected chi connectivity index (χ4v) is 2.14. The minimum atomic E-state index is -0.733. The molecule has 0 amide bonds. The zero-order valence-corrected chi connectivity index (χ0v) is 11.4. The zero-order chi connectivity index (χ0) is 14.7. The SMILES string of the molecule is Cc1ccccc1CN(C)c1c(F)cc(C=O)cc1F. The van der Waals surface area contributed by atoms with Crippen molar-refractivity contribution in [2.45, 2.75) is 13.5 Å². The third kappa shape index (κ3) is 2.85. The van der Waals surface area contributed by atoms with Crippen molar-refractivity contribution in [3.8, 4) is 0 Å². The molecule has 0 bridgehead atoms. The average Bonchev–Trinajstić information content (AvgIpc) is 2.40. The van der Waals surface area contributed by atoms with E-state index < -0.39 is 11.6 Å². The molecule has 0 aromatic heterocycles. The average molecular weight is 275 g/mol. The van der Waals surface area contributed by atoms with Gasteiger partial charge in [-0.15, -0.1) is 0 Å². The third-order valence-corrected chi connectivity index (χ3v) is 3.23. The van der Waals surface area contributed by atoms with Crippen LogP contribution in [0.15, 0.2) is 36.4 Å². The molecule has 4 heteroatoms. The summed E-state index contributed by atoms with van der Waals surface area (Å²) in [6.45, 7) is 2.34. The number of carbonyl (C=O) groups excluding carboxylic acids is 1. The van der Waals surface area contributed by atoms with Crippen molar-refractivity contribution in [2.24, 2.45) is 0 Å². The number of hydrogen-bond donors (Lipinski definition) is 0. The highest BCUT2D eigenvalue weighted by atomic mass is 19.1. The van der Waals surface area contributed by atoms with Crippen LogP contribution in [0.4, 0.5) is 14.5 Å². The second-order valence-electron chi connectivity index (χ2n) is 4.73. The second-order valence-corrected chi connectivity index (χ2v) is 4.73. The van der Waals surface area contributed by atoms with Gasteiger partial charge in [0.2, 0.25) is 0 Å². The predicted octanol–water partition coefficient (Wildman–Crippen LogP) is 3.72. The molecule has 2 nitrogen and oxygen atoms in total. The second kappa shape index (κ2) is 5.82. The van der Waals surface area contributed by atoms with E-state index >= 15 is 0 Å². The lowest BCUT2D eigenvalue weighted by atomic mass is 10.1. The Hall–Kier alpha value is -2.23. The molecule has 0 atom stereocenters. The van der Waals surface area contributed by atoms with Crippen LogP contribution in [0, 0.1) is 18.6 Å². The van der Waals surface area contributed by atoms with Crippen molar-refractivity contribution in [1.82, 2.24) is 0 Å². The van der Waals surface area contributed by atoms with Crippen LogP contribution >= 0.6 is 0 Å². The minimum absolute atomic E-state index is 0.00644. The zero-order valence-electron chi connectivity index (χ0n) is 11.4. The molecule has 0 N–H and O–H groups in total. The quantitative estimate of drug-likeness (QED) is 0.793. The Morgan fingerprint density at radius 2 is 1.75 bits per heavy atom. The van der Waals surface area contributed by atoms with Crippen molar-refractivity contribution in [3.05, 3.63) is 64.7 Å². The number of aryl methyl sites for hydroxylation is 1. The molecular weight excluding hydrogens is 260 g/mol. The van der Waals surface area contributed by atoms with Crippen molar-refractivity contribution in [2.75, 3.05) is 11.9 Å². The Morgan fingerprint density at radius 1 is 1.15 bits per heavy atom. The number of rotatable bonds is 4. The van der Waals surface area contributed by atoms with Gasteiger partial charge in [-0.3, -0.25) is 4.79 Å². The maximum Gasteiger partial charge on any atom is 0.150 e. The Morgan fingerprint density at radius 3 is 2.30 bits per heavy atom. The number of halogens is 2. The Balaban J connectivity index is 2.32. The van der Waals surface area contributed by atoms with Crippen LogP contribution in [0.3, 0.4) is 0 Å². The number of hydrogen-bond acceptors (Lipinski definition) is 2. The maximum atomic E-state index is 13.9. The summed E-state index contributed by atoms with van der Waals surface area (Å²) in [5.74, 6) is -1.47. The van der Waals surface area contributed by atoms with Crippen LogP contribution in [-0.4, -0.2) is 13.3 Å². The molecule has 104 valence electrons. The van der Waals surface area contributed by atoms with E-state index in [0.29, 0.717) is 12.8 Å². The predicted molar refractivity (Wildman–Crippen MR) is 75.0 cm³/mol. The summed E-state index contributed by atoms with van der Waals surface area (Å²) in [6.07, 6.45) is 0.428. The Labute approximate surface area is 116 Å². The minimum Gasteiger partial charge on any atom is -0.366 e. The smallest absolute Gasteiger partial charge is 0.150 e. The van der Waals surface area contributed by atoms with Crippen LogP contribution in [0.5, 0.6) is 0 Å². The molecule has 2 aromatic carbocycles. The monoisotopic (exact) mass is 275 g/mol. The summed E-state index contributed by atoms with van der Waals surface area (Å²) in [7, 11) is 1.62. The van der Waals surface area contributed by atoms with Crippen LogP contribution in [0.2, 0.25) is 0 Å². The van der Waals surface area contributed by atoms with E-state index in [0.717, 1.165) is 23.3 Å². The van der Waals surface area contributed by atoms with Crippen molar-refractivity contribution in [3.63, 3.8) is 0 Å². The summed E-state index contributed by atoms with van der Waals surface area (Å²) >= 11 is 0. The molecule has 0 saturated carbocycles. The first kappa shape index (κ1) is 14.2. The van der Waals surface area contributed by atoms with Crippen LogP contribution < -0.4 is 4.90 Å². The molecule has 0 saturated heterocycles. The van der Waals surface area contributed by atoms with Gasteiger partial charge in [0, 0.05) is 19.2 Å². The van der Waals surface area contributed by atoms with Gasteiger partial charge >= 0.3 is 0 Å². The third-order valence-electron chi connectivity index (χ3n) is 3.23. The fraction of sp³-hybridized carbons (Fsp3) is 0.188. The fourth-order valence-electron chi connectivity index (χ4n) is 2.14. The van der Waals surface area contributed by atoms with Gasteiger partial charge in [-0.2, -0.15) is 0 Å². The van der Waals surface area contributed by atoms with E-state index in [4.69, 9.17) is 0 Å². The van der Waals surface area contributed by atoms with Crippen molar-refractivity contribution < 1.29 is 13.6 Å². The largest absolute Gasteiger partial charge is 0.366 e. The Bertz CT molecular complexity index is 617. The maximum absolute atomic E-state index is 13.9. The van der Waals surface area contributed by atoms with Gasteiger partial charge in [-0.1, -0.05) is 24.3 Å². The van der Waals surface area contributed by atoms with E-state index in [-0.39, 0.29) is 11.3 Å². The molecule has 0 aliphatic carbocycles. The molecule has 20 heavy (non-hydrogen) atoms. The van der Waals surface area contributed by atoms with Gasteiger partial charge < -0.3 is 4.90 Å². The summed E-state index contributed by atoms with van der Waals surface area (Å²) in [4.78, 5) is 12.1. The first-order valence-electron chi connectivity index (χ1n) is 6.22. The van der Waals surface area contributed by atoms with Crippen LogP contribution in [0.25, 0.3) is 0 Å². The lowest BCUT2D eigenvalue weighted by Crippen LogP contribution is -2.20. The molecule has 0 spiro atoms. The summed E-state index contributed by atoms with van der Waals surface area (Å²) in [5.41, 5.74) is 1.92. The standard InChI is InChI=1S/C16H15F2NO/c1-11-5-3-4-6-13(11)9-19(2)16-14(17)7-12(10-20)8-15(16)18/h3-8,10H,9H2,1-2H3. The highest BCUT2D eigenvalue weighted by molar-refractivity contribution is 5.76. The molecule has 0 aliphatic rings. The molecule has 0 aliphatic heterocycles. The van der Waals surface area contributed by atoms with Gasteiger partial charge in [0.25, 0.3) is 0 Å². The Kier molecular flexibility index (Phi) is 4.13. The summed E-state index contributed by atoms with van der Waals surface area (Å²) < 4.78 is 27.8. The van der Waals surface area contributed by atoms with Gasteiger partial charge in [-0.05, 0) is 30.2 Å². The molecular formula is C16H15F2NO. The topological polar surface area (TPSA) is 20.3 Å². The number of carbonyl (C=O) groups is 1. The van der Waals surface area contributed by atoms with Gasteiger partial charge in [0.05, 0.1) is 0 Å². The van der Waals surface area contributed by atoms with E-state index in [1.165, 1.54) is 4.90 Å². The van der Waals surface area contributed by atoms with Crippen LogP contribution in [0.1, 0.15) is 21.5 Å². The lowest BCUT2D eigenvalue weighted by molar-refractivity contribution is 0.112. The number of nitrogens with zero attached hydrogens (tertiary/aromatic N) is 1. The highest BCUT2D eigenvalue weighted by Gasteiger charge is 2.16. The van der Waals surface area contributed by atoms with E-state index in [2.05, 4.69) is 0 Å². The molecule has 0 radical (unpaired) electrons. The number of anilines is 1. The molecule has 2 rings (SSSR count). The van der Waals surface area contributed by atoms with Gasteiger partial charge in [0.1, 0.15) is 23.6 Å². The number of aldehydes is 1. The van der Waals surface area contributed by atoms with E-state index in [9.17, 15) is 13.6 Å². The van der Waals surface area contributed by atoms with Gasteiger partial charge in [0.15, 0.2) is 0 Å². The van der Waals surface area contributed by atoms with Crippen molar-refractivity contribution in [1.29, 1.82) is 0 Å². The lowest BCUT2D eigenvalue weighted by Gasteiger charge is -2.21. The van der Waals surface area contributed by atoms with E-state index in [1.807, 2.05) is 31.2 Å². The molecule has 0 unspecified atom stereocenters. The summed E-state index contributed by atoms with van der Waals surface area (Å²) in [6, 6.07) is 9.75. The normalized spacial score (nSPS) is 10.4. The van der Waals surface area contributed by atoms with E-state index in [1.54, 1.807) is 7.05 Å². The molecule has 0 heterocycles. The van der Waals surface area contributed by atoms with Crippen LogP contribution in [-0.2, 0) is 6.54 Å². The van der Waals surface area contributed by atoms with Crippen molar-refractivity contribution >= 4 is 12.0 Å².